The predicted octanol–water partition coefficient (Wildman–Crippen LogP) is 3.40. The zero-order valence-electron chi connectivity index (χ0n) is 16.0. The fourth-order valence-electron chi connectivity index (χ4n) is 3.72. The predicted molar refractivity (Wildman–Crippen MR) is 109 cm³/mol. The van der Waals surface area contributed by atoms with Crippen LogP contribution >= 0.6 is 0 Å². The number of rotatable bonds is 2. The number of carbonyl (C=O) groups excluding carboxylic acids is 1. The van der Waals surface area contributed by atoms with E-state index in [4.69, 9.17) is 0 Å². The zero-order chi connectivity index (χ0) is 19.3. The third kappa shape index (κ3) is 3.43. The topological polar surface area (TPSA) is 85.9 Å². The summed E-state index contributed by atoms with van der Waals surface area (Å²) >= 11 is 0. The number of carbonyl (C=O) groups is 1. The molecule has 1 amide bonds. The summed E-state index contributed by atoms with van der Waals surface area (Å²) in [7, 11) is 1.88. The van der Waals surface area contributed by atoms with Crippen LogP contribution in [0.1, 0.15) is 13.3 Å². The van der Waals surface area contributed by atoms with E-state index in [1.54, 1.807) is 10.9 Å². The van der Waals surface area contributed by atoms with Crippen LogP contribution in [0.3, 0.4) is 0 Å². The van der Waals surface area contributed by atoms with E-state index in [0.717, 1.165) is 44.7 Å². The summed E-state index contributed by atoms with van der Waals surface area (Å²) in [6.07, 6.45) is 4.17. The van der Waals surface area contributed by atoms with Crippen molar-refractivity contribution in [2.45, 2.75) is 19.4 Å². The first kappa shape index (κ1) is 19.3. The molecule has 1 unspecified atom stereocenters. The van der Waals surface area contributed by atoms with Gasteiger partial charge in [0.2, 0.25) is 5.91 Å². The summed E-state index contributed by atoms with van der Waals surface area (Å²) < 4.78 is 1.75. The van der Waals surface area contributed by atoms with Crippen molar-refractivity contribution >= 4 is 28.2 Å². The van der Waals surface area contributed by atoms with Crippen LogP contribution in [-0.2, 0) is 30.4 Å². The number of nitrogens with one attached hydrogen (secondary N) is 2. The van der Waals surface area contributed by atoms with Crippen LogP contribution in [0.15, 0.2) is 48.8 Å². The minimum atomic E-state index is 0. The molecule has 8 heteroatoms. The Kier molecular flexibility index (Phi) is 4.94. The van der Waals surface area contributed by atoms with E-state index in [1.807, 2.05) is 44.4 Å². The van der Waals surface area contributed by atoms with E-state index in [1.165, 1.54) is 0 Å². The molecule has 29 heavy (non-hydrogen) atoms. The fourth-order valence-corrected chi connectivity index (χ4v) is 3.72. The molecule has 1 aliphatic heterocycles. The standard InChI is InChI=1S/C21H20N6O.V/c1-12-8-19(28)24-18-5-3-4-15(21(18)23-12)13-6-7-17-16(9-13)20(26-25-17)14-10-22-27(2)11-14;/h3-7,9-12,23H,8H2,1-2H3,(H2,24,25,26,28);/p-1. The number of hydrogen-bond acceptors (Lipinski definition) is 4. The first-order valence-electron chi connectivity index (χ1n) is 9.20. The quantitative estimate of drug-likeness (QED) is 0.517. The molecule has 0 fully saturated rings. The maximum Gasteiger partial charge on any atom is 0.226 e. The van der Waals surface area contributed by atoms with Crippen molar-refractivity contribution in [2.24, 2.45) is 7.05 Å². The molecule has 3 heterocycles. The summed E-state index contributed by atoms with van der Waals surface area (Å²) in [5.74, 6) is 0.0228. The van der Waals surface area contributed by atoms with Crippen molar-refractivity contribution in [3.8, 4) is 22.4 Å². The average Bonchev–Trinajstić information content (AvgIpc) is 3.24. The van der Waals surface area contributed by atoms with E-state index in [-0.39, 0.29) is 30.5 Å². The minimum Gasteiger partial charge on any atom is -0.574 e. The molecule has 5 rings (SSSR count). The first-order chi connectivity index (χ1) is 13.6. The van der Waals surface area contributed by atoms with Gasteiger partial charge < -0.3 is 20.8 Å². The summed E-state index contributed by atoms with van der Waals surface area (Å²) in [6, 6.07) is 12.1. The number of fused-ring (bicyclic) bond motifs is 2. The van der Waals surface area contributed by atoms with E-state index in [2.05, 4.69) is 38.1 Å². The Morgan fingerprint density at radius 1 is 1.21 bits per heavy atom. The number of aryl methyl sites for hydroxylation is 1. The van der Waals surface area contributed by atoms with E-state index in [9.17, 15) is 4.79 Å². The minimum absolute atomic E-state index is 0. The second-order valence-corrected chi connectivity index (χ2v) is 7.21. The van der Waals surface area contributed by atoms with Crippen LogP contribution in [0.25, 0.3) is 33.3 Å². The van der Waals surface area contributed by atoms with Crippen molar-refractivity contribution < 1.29 is 23.4 Å². The maximum absolute atomic E-state index is 12.1. The van der Waals surface area contributed by atoms with Crippen molar-refractivity contribution in [3.63, 3.8) is 0 Å². The molecule has 0 saturated carbocycles. The van der Waals surface area contributed by atoms with Gasteiger partial charge in [0.15, 0.2) is 0 Å². The van der Waals surface area contributed by atoms with Gasteiger partial charge in [0.05, 0.1) is 23.3 Å². The Morgan fingerprint density at radius 2 is 2.07 bits per heavy atom. The van der Waals surface area contributed by atoms with Gasteiger partial charge in [-0.15, -0.1) is 5.52 Å². The van der Waals surface area contributed by atoms with Gasteiger partial charge in [-0.3, -0.25) is 9.48 Å². The summed E-state index contributed by atoms with van der Waals surface area (Å²) in [4.78, 5) is 12.1. The Morgan fingerprint density at radius 3 is 2.86 bits per heavy atom. The van der Waals surface area contributed by atoms with Crippen LogP contribution in [0.5, 0.6) is 0 Å². The fraction of sp³-hybridized carbons (Fsp3) is 0.190. The first-order valence-corrected chi connectivity index (χ1v) is 9.20. The van der Waals surface area contributed by atoms with Gasteiger partial charge in [0.1, 0.15) is 0 Å². The van der Waals surface area contributed by atoms with Gasteiger partial charge in [-0.1, -0.05) is 24.3 Å². The summed E-state index contributed by atoms with van der Waals surface area (Å²) in [6.45, 7) is 2.01. The maximum atomic E-state index is 12.1. The average molecular weight is 422 g/mol. The third-order valence-corrected chi connectivity index (χ3v) is 5.02. The summed E-state index contributed by atoms with van der Waals surface area (Å²) in [5.41, 5.74) is 6.43. The normalized spacial score (nSPS) is 15.8. The Labute approximate surface area is 179 Å². The Hall–Kier alpha value is -3.03. The van der Waals surface area contributed by atoms with Gasteiger partial charge >= 0.3 is 0 Å². The monoisotopic (exact) mass is 422 g/mol. The van der Waals surface area contributed by atoms with Crippen LogP contribution in [-0.4, -0.2) is 26.8 Å². The number of anilines is 2. The van der Waals surface area contributed by atoms with Crippen molar-refractivity contribution in [1.29, 1.82) is 0 Å². The molecule has 145 valence electrons. The van der Waals surface area contributed by atoms with Crippen molar-refractivity contribution in [3.05, 3.63) is 48.8 Å². The van der Waals surface area contributed by atoms with E-state index >= 15 is 0 Å². The summed E-state index contributed by atoms with van der Waals surface area (Å²) in [5, 5.41) is 20.4. The molecule has 2 aromatic carbocycles. The Balaban J connectivity index is 0.00000205. The molecule has 1 atom stereocenters. The molecule has 0 spiro atoms. The molecule has 0 bridgehead atoms. The largest absolute Gasteiger partial charge is 0.574 e. The smallest absolute Gasteiger partial charge is 0.226 e. The van der Waals surface area contributed by atoms with E-state index < -0.39 is 0 Å². The van der Waals surface area contributed by atoms with Gasteiger partial charge in [-0.2, -0.15) is 5.10 Å². The van der Waals surface area contributed by atoms with E-state index in [0.29, 0.717) is 6.42 Å². The number of benzene rings is 2. The van der Waals surface area contributed by atoms with Crippen molar-refractivity contribution in [2.75, 3.05) is 10.6 Å². The molecular formula is C21H19N6OV-. The molecular weight excluding hydrogens is 403 g/mol. The van der Waals surface area contributed by atoms with Crippen LogP contribution in [0, 0.1) is 0 Å². The molecule has 2 N–H and O–H groups in total. The van der Waals surface area contributed by atoms with Crippen LogP contribution in [0.4, 0.5) is 11.4 Å². The number of nitrogens with zero attached hydrogens (tertiary/aromatic N) is 4. The molecule has 0 saturated heterocycles. The second-order valence-electron chi connectivity index (χ2n) is 7.21. The van der Waals surface area contributed by atoms with Gasteiger partial charge in [-0.25, -0.2) is 0 Å². The molecule has 1 radical (unpaired) electrons. The molecule has 2 aromatic heterocycles. The molecule has 1 aliphatic rings. The molecule has 7 nitrogen and oxygen atoms in total. The van der Waals surface area contributed by atoms with Crippen LogP contribution < -0.4 is 15.7 Å². The number of hydrogen-bond donors (Lipinski definition) is 2. The molecule has 4 aromatic rings. The van der Waals surface area contributed by atoms with Gasteiger partial charge in [0.25, 0.3) is 0 Å². The third-order valence-electron chi connectivity index (χ3n) is 5.02. The zero-order valence-corrected chi connectivity index (χ0v) is 17.4. The molecule has 0 aliphatic carbocycles. The number of aromatic nitrogens is 4. The SMILES string of the molecule is CC1CC(=O)Nc2cccc(-c3ccc4[n-]nc(-c5cnn(C)c5)c4c3)c2N1.[V]. The van der Waals surface area contributed by atoms with Crippen LogP contribution in [0.2, 0.25) is 0 Å². The van der Waals surface area contributed by atoms with Gasteiger partial charge in [0, 0.05) is 55.4 Å². The van der Waals surface area contributed by atoms with Gasteiger partial charge in [-0.05, 0) is 30.0 Å². The number of amides is 1. The van der Waals surface area contributed by atoms with Crippen molar-refractivity contribution in [1.82, 2.24) is 20.0 Å². The second kappa shape index (κ2) is 7.42. The Bertz CT molecular complexity index is 1210. The number of para-hydroxylation sites is 1.